The lowest BCUT2D eigenvalue weighted by molar-refractivity contribution is -0.117. The van der Waals surface area contributed by atoms with E-state index in [0.29, 0.717) is 37.4 Å². The molecule has 142 valence electrons. The Balaban J connectivity index is 1.63. The summed E-state index contributed by atoms with van der Waals surface area (Å²) in [5.74, 6) is 1.04. The van der Waals surface area contributed by atoms with Crippen molar-refractivity contribution < 1.29 is 17.9 Å². The van der Waals surface area contributed by atoms with Gasteiger partial charge in [0.1, 0.15) is 11.5 Å². The second kappa shape index (κ2) is 8.37. The fourth-order valence-corrected chi connectivity index (χ4v) is 4.42. The van der Waals surface area contributed by atoms with Crippen molar-refractivity contribution in [2.45, 2.75) is 23.8 Å². The number of ether oxygens (including phenoxy) is 1. The molecule has 1 heterocycles. The molecular formula is C20H22N2O4S. The van der Waals surface area contributed by atoms with Crippen LogP contribution in [0.5, 0.6) is 11.5 Å². The Hall–Kier alpha value is -2.64. The standard InChI is InChI=1S/C20H22N2O4S/c1-2-20(23)21-16-12-14-22(15-13-16)27(24,25)19-10-8-18(9-11-19)26-17-6-4-3-5-7-17/h2-11,16H,1,12-15H2,(H,21,23). The van der Waals surface area contributed by atoms with Crippen LogP contribution in [0.4, 0.5) is 0 Å². The highest BCUT2D eigenvalue weighted by Gasteiger charge is 2.29. The highest BCUT2D eigenvalue weighted by atomic mass is 32.2. The van der Waals surface area contributed by atoms with E-state index in [1.165, 1.54) is 10.4 Å². The Labute approximate surface area is 159 Å². The van der Waals surface area contributed by atoms with E-state index in [-0.39, 0.29) is 16.8 Å². The number of nitrogens with zero attached hydrogens (tertiary/aromatic N) is 1. The molecule has 0 unspecified atom stereocenters. The predicted molar refractivity (Wildman–Crippen MR) is 103 cm³/mol. The SMILES string of the molecule is C=CC(=O)NC1CCN(S(=O)(=O)c2ccc(Oc3ccccc3)cc2)CC1. The van der Waals surface area contributed by atoms with Crippen LogP contribution in [0.3, 0.4) is 0 Å². The molecule has 6 nitrogen and oxygen atoms in total. The summed E-state index contributed by atoms with van der Waals surface area (Å²) in [5.41, 5.74) is 0. The van der Waals surface area contributed by atoms with Crippen molar-refractivity contribution in [1.29, 1.82) is 0 Å². The molecule has 27 heavy (non-hydrogen) atoms. The first-order valence-corrected chi connectivity index (χ1v) is 10.2. The van der Waals surface area contributed by atoms with Crippen molar-refractivity contribution >= 4 is 15.9 Å². The topological polar surface area (TPSA) is 75.7 Å². The maximum atomic E-state index is 12.8. The second-order valence-corrected chi connectivity index (χ2v) is 8.22. The van der Waals surface area contributed by atoms with Gasteiger partial charge in [-0.15, -0.1) is 0 Å². The number of benzene rings is 2. The van der Waals surface area contributed by atoms with E-state index >= 15 is 0 Å². The summed E-state index contributed by atoms with van der Waals surface area (Å²) in [6, 6.07) is 15.7. The van der Waals surface area contributed by atoms with Gasteiger partial charge >= 0.3 is 0 Å². The summed E-state index contributed by atoms with van der Waals surface area (Å²) >= 11 is 0. The summed E-state index contributed by atoms with van der Waals surface area (Å²) in [4.78, 5) is 11.6. The normalized spacial score (nSPS) is 15.9. The number of amides is 1. The average molecular weight is 386 g/mol. The van der Waals surface area contributed by atoms with Gasteiger partial charge in [0, 0.05) is 19.1 Å². The maximum Gasteiger partial charge on any atom is 0.243 e. The smallest absolute Gasteiger partial charge is 0.243 e. The Morgan fingerprint density at radius 1 is 1.04 bits per heavy atom. The molecule has 7 heteroatoms. The Bertz CT molecular complexity index is 887. The van der Waals surface area contributed by atoms with E-state index in [1.807, 2.05) is 30.3 Å². The van der Waals surface area contributed by atoms with Gasteiger partial charge < -0.3 is 10.1 Å². The van der Waals surface area contributed by atoms with Crippen molar-refractivity contribution in [2.24, 2.45) is 0 Å². The van der Waals surface area contributed by atoms with E-state index < -0.39 is 10.0 Å². The summed E-state index contributed by atoms with van der Waals surface area (Å²) in [6.07, 6.45) is 2.38. The van der Waals surface area contributed by atoms with Crippen LogP contribution >= 0.6 is 0 Å². The Kier molecular flexibility index (Phi) is 5.93. The van der Waals surface area contributed by atoms with Crippen LogP contribution in [0.2, 0.25) is 0 Å². The average Bonchev–Trinajstić information content (AvgIpc) is 2.69. The Morgan fingerprint density at radius 2 is 1.63 bits per heavy atom. The number of nitrogens with one attached hydrogen (secondary N) is 1. The highest BCUT2D eigenvalue weighted by molar-refractivity contribution is 7.89. The number of rotatable bonds is 6. The minimum absolute atomic E-state index is 0.0244. The molecule has 0 saturated carbocycles. The van der Waals surface area contributed by atoms with Crippen LogP contribution < -0.4 is 10.1 Å². The number of carbonyl (C=O) groups is 1. The van der Waals surface area contributed by atoms with E-state index in [9.17, 15) is 13.2 Å². The third-order valence-electron chi connectivity index (χ3n) is 4.43. The minimum Gasteiger partial charge on any atom is -0.457 e. The number of sulfonamides is 1. The van der Waals surface area contributed by atoms with Gasteiger partial charge in [0.15, 0.2) is 0 Å². The van der Waals surface area contributed by atoms with Gasteiger partial charge in [-0.3, -0.25) is 4.79 Å². The van der Waals surface area contributed by atoms with E-state index in [2.05, 4.69) is 11.9 Å². The van der Waals surface area contributed by atoms with Crippen LogP contribution in [0.1, 0.15) is 12.8 Å². The molecule has 1 saturated heterocycles. The van der Waals surface area contributed by atoms with Crippen LogP contribution in [0.15, 0.2) is 72.1 Å². The van der Waals surface area contributed by atoms with Gasteiger partial charge in [0.25, 0.3) is 0 Å². The lowest BCUT2D eigenvalue weighted by Gasteiger charge is -2.31. The lowest BCUT2D eigenvalue weighted by atomic mass is 10.1. The summed E-state index contributed by atoms with van der Waals surface area (Å²) in [7, 11) is -3.56. The zero-order chi connectivity index (χ0) is 19.3. The summed E-state index contributed by atoms with van der Waals surface area (Å²) in [5, 5.41) is 2.82. The zero-order valence-corrected chi connectivity index (χ0v) is 15.7. The second-order valence-electron chi connectivity index (χ2n) is 6.28. The molecule has 1 N–H and O–H groups in total. The fraction of sp³-hybridized carbons (Fsp3) is 0.250. The fourth-order valence-electron chi connectivity index (χ4n) is 2.95. The molecule has 0 bridgehead atoms. The van der Waals surface area contributed by atoms with Gasteiger partial charge in [0.2, 0.25) is 15.9 Å². The van der Waals surface area contributed by atoms with Gasteiger partial charge in [-0.1, -0.05) is 24.8 Å². The molecule has 3 rings (SSSR count). The highest BCUT2D eigenvalue weighted by Crippen LogP contribution is 2.25. The first kappa shape index (κ1) is 19.1. The monoisotopic (exact) mass is 386 g/mol. The summed E-state index contributed by atoms with van der Waals surface area (Å²) in [6.45, 7) is 4.16. The third-order valence-corrected chi connectivity index (χ3v) is 6.34. The Morgan fingerprint density at radius 3 is 2.22 bits per heavy atom. The van der Waals surface area contributed by atoms with E-state index in [0.717, 1.165) is 0 Å². The third kappa shape index (κ3) is 4.75. The van der Waals surface area contributed by atoms with Crippen LogP contribution in [-0.4, -0.2) is 37.8 Å². The maximum absolute atomic E-state index is 12.8. The molecule has 0 aromatic heterocycles. The number of para-hydroxylation sites is 1. The molecule has 2 aromatic carbocycles. The number of hydrogen-bond donors (Lipinski definition) is 1. The largest absolute Gasteiger partial charge is 0.457 e. The van der Waals surface area contributed by atoms with E-state index in [4.69, 9.17) is 4.74 Å². The molecule has 0 spiro atoms. The van der Waals surface area contributed by atoms with Crippen LogP contribution in [0.25, 0.3) is 0 Å². The first-order valence-electron chi connectivity index (χ1n) is 8.75. The molecule has 1 aliphatic rings. The molecular weight excluding hydrogens is 364 g/mol. The van der Waals surface area contributed by atoms with Gasteiger partial charge in [-0.25, -0.2) is 8.42 Å². The van der Waals surface area contributed by atoms with E-state index in [1.54, 1.807) is 24.3 Å². The van der Waals surface area contributed by atoms with Crippen LogP contribution in [0, 0.1) is 0 Å². The summed E-state index contributed by atoms with van der Waals surface area (Å²) < 4.78 is 32.8. The molecule has 1 fully saturated rings. The van der Waals surface area contributed by atoms with Gasteiger partial charge in [-0.05, 0) is 55.3 Å². The van der Waals surface area contributed by atoms with Crippen molar-refractivity contribution in [3.05, 3.63) is 67.3 Å². The van der Waals surface area contributed by atoms with Crippen molar-refractivity contribution in [2.75, 3.05) is 13.1 Å². The first-order chi connectivity index (χ1) is 13.0. The molecule has 0 radical (unpaired) electrons. The molecule has 0 aliphatic carbocycles. The lowest BCUT2D eigenvalue weighted by Crippen LogP contribution is -2.46. The molecule has 0 atom stereocenters. The predicted octanol–water partition coefficient (Wildman–Crippen LogP) is 2.93. The molecule has 2 aromatic rings. The van der Waals surface area contributed by atoms with Gasteiger partial charge in [-0.2, -0.15) is 4.31 Å². The van der Waals surface area contributed by atoms with Crippen molar-refractivity contribution in [1.82, 2.24) is 9.62 Å². The van der Waals surface area contributed by atoms with Gasteiger partial charge in [0.05, 0.1) is 4.90 Å². The zero-order valence-electron chi connectivity index (χ0n) is 14.9. The molecule has 1 amide bonds. The number of piperidine rings is 1. The van der Waals surface area contributed by atoms with Crippen LogP contribution in [-0.2, 0) is 14.8 Å². The molecule has 1 aliphatic heterocycles. The number of carbonyl (C=O) groups excluding carboxylic acids is 1. The van der Waals surface area contributed by atoms with Crippen molar-refractivity contribution in [3.8, 4) is 11.5 Å². The minimum atomic E-state index is -3.56. The quantitative estimate of drug-likeness (QED) is 0.775. The number of hydrogen-bond acceptors (Lipinski definition) is 4. The van der Waals surface area contributed by atoms with Crippen molar-refractivity contribution in [3.63, 3.8) is 0 Å².